The standard InChI is InChI=1S/C7H11NO3P/c8-11-12(9)10-6-7-4-2-1-3-5-7/h1-5,12H,6H2,8H3/q+2. The lowest BCUT2D eigenvalue weighted by atomic mass is 10.2. The van der Waals surface area contributed by atoms with Crippen molar-refractivity contribution in [1.82, 2.24) is 0 Å². The van der Waals surface area contributed by atoms with Crippen molar-refractivity contribution in [2.45, 2.75) is 6.61 Å². The Bertz CT molecular complexity index is 219. The quantitative estimate of drug-likeness (QED) is 0.560. The Labute approximate surface area is 71.9 Å². The molecule has 0 heterocycles. The van der Waals surface area contributed by atoms with Gasteiger partial charge in [0, 0.05) is 9.52 Å². The van der Waals surface area contributed by atoms with Crippen LogP contribution in [0, 0.1) is 0 Å². The lowest BCUT2D eigenvalue weighted by Gasteiger charge is -1.95. The van der Waals surface area contributed by atoms with Crippen LogP contribution in [0.4, 0.5) is 0 Å². The molecule has 12 heavy (non-hydrogen) atoms. The minimum absolute atomic E-state index is 0.300. The molecule has 1 atom stereocenters. The summed E-state index contributed by atoms with van der Waals surface area (Å²) >= 11 is 0. The van der Waals surface area contributed by atoms with E-state index in [0.717, 1.165) is 5.56 Å². The van der Waals surface area contributed by atoms with Crippen molar-refractivity contribution in [2.24, 2.45) is 0 Å². The van der Waals surface area contributed by atoms with E-state index in [1.807, 2.05) is 30.3 Å². The van der Waals surface area contributed by atoms with Gasteiger partial charge < -0.3 is 0 Å². The van der Waals surface area contributed by atoms with Crippen molar-refractivity contribution in [3.05, 3.63) is 35.9 Å². The summed E-state index contributed by atoms with van der Waals surface area (Å²) in [6, 6.07) is 9.46. The van der Waals surface area contributed by atoms with E-state index in [2.05, 4.69) is 10.5 Å². The predicted molar refractivity (Wildman–Crippen MR) is 44.2 cm³/mol. The molecule has 0 spiro atoms. The Morgan fingerprint density at radius 3 is 2.58 bits per heavy atom. The summed E-state index contributed by atoms with van der Waals surface area (Å²) in [5.74, 6) is 3.01. The molecule has 0 saturated heterocycles. The number of quaternary nitrogens is 1. The maximum atomic E-state index is 10.7. The number of rotatable bonds is 4. The number of benzene rings is 1. The van der Waals surface area contributed by atoms with Gasteiger partial charge in [-0.2, -0.15) is 10.4 Å². The van der Waals surface area contributed by atoms with Gasteiger partial charge >= 0.3 is 8.60 Å². The highest BCUT2D eigenvalue weighted by Crippen LogP contribution is 2.31. The molecule has 1 aromatic carbocycles. The van der Waals surface area contributed by atoms with Gasteiger partial charge in [0.1, 0.15) is 6.61 Å². The summed E-state index contributed by atoms with van der Waals surface area (Å²) in [6.45, 7) is 0.300. The van der Waals surface area contributed by atoms with Crippen molar-refractivity contribution in [2.75, 3.05) is 0 Å². The molecule has 0 amide bonds. The van der Waals surface area contributed by atoms with Gasteiger partial charge in [-0.15, -0.1) is 0 Å². The summed E-state index contributed by atoms with van der Waals surface area (Å²) in [7, 11) is -2.39. The fourth-order valence-electron chi connectivity index (χ4n) is 0.758. The third kappa shape index (κ3) is 3.26. The molecule has 1 aromatic rings. The highest BCUT2D eigenvalue weighted by Gasteiger charge is 2.18. The minimum atomic E-state index is -2.39. The van der Waals surface area contributed by atoms with Gasteiger partial charge in [0.05, 0.1) is 0 Å². The molecule has 0 bridgehead atoms. The van der Waals surface area contributed by atoms with Crippen molar-refractivity contribution in [3.8, 4) is 0 Å². The van der Waals surface area contributed by atoms with Crippen LogP contribution in [0.25, 0.3) is 0 Å². The first-order valence-corrected chi connectivity index (χ1v) is 4.68. The summed E-state index contributed by atoms with van der Waals surface area (Å²) in [5, 5.41) is 0. The molecule has 0 aliphatic rings. The predicted octanol–water partition coefficient (Wildman–Crippen LogP) is 0.766. The van der Waals surface area contributed by atoms with Crippen molar-refractivity contribution in [3.63, 3.8) is 0 Å². The number of hydrogen-bond acceptors (Lipinski definition) is 2. The van der Waals surface area contributed by atoms with Crippen LogP contribution in [0.3, 0.4) is 0 Å². The van der Waals surface area contributed by atoms with Gasteiger partial charge in [-0.3, -0.25) is 0 Å². The second-order valence-electron chi connectivity index (χ2n) is 2.17. The molecule has 0 saturated carbocycles. The third-order valence-corrected chi connectivity index (χ3v) is 1.93. The van der Waals surface area contributed by atoms with Crippen LogP contribution in [0.15, 0.2) is 30.3 Å². The van der Waals surface area contributed by atoms with Crippen molar-refractivity contribution < 1.29 is 19.9 Å². The van der Waals surface area contributed by atoms with E-state index in [1.165, 1.54) is 0 Å². The van der Waals surface area contributed by atoms with E-state index in [4.69, 9.17) is 4.52 Å². The zero-order valence-corrected chi connectivity index (χ0v) is 7.53. The SMILES string of the molecule is [NH3+]O[PH+]([O])OCc1ccccc1. The van der Waals surface area contributed by atoms with E-state index in [0.29, 0.717) is 6.61 Å². The third-order valence-electron chi connectivity index (χ3n) is 1.32. The average Bonchev–Trinajstić information content (AvgIpc) is 2.16. The van der Waals surface area contributed by atoms with E-state index < -0.39 is 8.60 Å². The fraction of sp³-hybridized carbons (Fsp3) is 0.143. The van der Waals surface area contributed by atoms with Crippen LogP contribution < -0.4 is 5.90 Å². The van der Waals surface area contributed by atoms with Crippen LogP contribution >= 0.6 is 8.60 Å². The Balaban J connectivity index is 2.33. The smallest absolute Gasteiger partial charge is 0.168 e. The molecule has 5 heteroatoms. The summed E-state index contributed by atoms with van der Waals surface area (Å²) < 4.78 is 9.08. The van der Waals surface area contributed by atoms with Crippen LogP contribution in [-0.2, 0) is 20.6 Å². The fourth-order valence-corrected chi connectivity index (χ4v) is 1.13. The molecule has 1 rings (SSSR count). The van der Waals surface area contributed by atoms with Gasteiger partial charge in [0.15, 0.2) is 0 Å². The molecular formula is C7H11NO3P+2. The lowest BCUT2D eigenvalue weighted by Crippen LogP contribution is -2.46. The zero-order chi connectivity index (χ0) is 8.81. The first-order chi connectivity index (χ1) is 5.83. The Morgan fingerprint density at radius 2 is 2.00 bits per heavy atom. The normalized spacial score (nSPS) is 12.8. The molecular weight excluding hydrogens is 177 g/mol. The maximum absolute atomic E-state index is 10.7. The molecule has 65 valence electrons. The van der Waals surface area contributed by atoms with Crippen molar-refractivity contribution >= 4 is 8.60 Å². The largest absolute Gasteiger partial charge is 0.507 e. The van der Waals surface area contributed by atoms with E-state index in [1.54, 1.807) is 0 Å². The van der Waals surface area contributed by atoms with E-state index in [-0.39, 0.29) is 0 Å². The summed E-state index contributed by atoms with van der Waals surface area (Å²) in [4.78, 5) is 10.7. The van der Waals surface area contributed by atoms with E-state index >= 15 is 0 Å². The Hall–Kier alpha value is -0.510. The highest BCUT2D eigenvalue weighted by atomic mass is 31.2. The van der Waals surface area contributed by atoms with Gasteiger partial charge in [-0.1, -0.05) is 30.3 Å². The minimum Gasteiger partial charge on any atom is -0.168 e. The first kappa shape index (κ1) is 9.58. The maximum Gasteiger partial charge on any atom is 0.507 e. The Kier molecular flexibility index (Phi) is 4.14. The number of hydrogen-bond donors (Lipinski definition) is 1. The van der Waals surface area contributed by atoms with Gasteiger partial charge in [-0.05, 0) is 5.56 Å². The van der Waals surface area contributed by atoms with Crippen molar-refractivity contribution in [1.29, 1.82) is 0 Å². The van der Waals surface area contributed by atoms with Crippen LogP contribution in [0.5, 0.6) is 0 Å². The highest BCUT2D eigenvalue weighted by molar-refractivity contribution is 7.40. The topological polar surface area (TPSA) is 66.0 Å². The zero-order valence-electron chi connectivity index (χ0n) is 6.53. The first-order valence-electron chi connectivity index (χ1n) is 3.45. The van der Waals surface area contributed by atoms with E-state index in [9.17, 15) is 4.89 Å². The van der Waals surface area contributed by atoms with Crippen LogP contribution in [0.2, 0.25) is 0 Å². The molecule has 3 N–H and O–H groups in total. The second kappa shape index (κ2) is 5.19. The molecule has 0 fully saturated rings. The summed E-state index contributed by atoms with van der Waals surface area (Å²) in [5.41, 5.74) is 0.966. The average molecular weight is 188 g/mol. The molecule has 4 nitrogen and oxygen atoms in total. The molecule has 0 aliphatic carbocycles. The van der Waals surface area contributed by atoms with Crippen LogP contribution in [-0.4, -0.2) is 0 Å². The summed E-state index contributed by atoms with van der Waals surface area (Å²) in [6.07, 6.45) is 0. The van der Waals surface area contributed by atoms with Gasteiger partial charge in [-0.25, -0.2) is 0 Å². The van der Waals surface area contributed by atoms with Crippen LogP contribution in [0.1, 0.15) is 5.56 Å². The lowest BCUT2D eigenvalue weighted by molar-refractivity contribution is -0.640. The molecule has 0 aliphatic heterocycles. The molecule has 0 aromatic heterocycles. The van der Waals surface area contributed by atoms with Gasteiger partial charge in [0.25, 0.3) is 0 Å². The Morgan fingerprint density at radius 1 is 1.33 bits per heavy atom. The monoisotopic (exact) mass is 188 g/mol. The van der Waals surface area contributed by atoms with Gasteiger partial charge in [0.2, 0.25) is 0 Å². The second-order valence-corrected chi connectivity index (χ2v) is 3.25. The molecule has 1 unspecified atom stereocenters. The molecule has 1 radical (unpaired) electrons.